The van der Waals surface area contributed by atoms with E-state index in [1.807, 2.05) is 6.08 Å². The third-order valence-corrected chi connectivity index (χ3v) is 11.9. The molecule has 0 aromatic heterocycles. The van der Waals surface area contributed by atoms with E-state index in [-0.39, 0.29) is 32.6 Å². The molecule has 0 aliphatic rings. The summed E-state index contributed by atoms with van der Waals surface area (Å²) in [5, 5.41) is 0. The van der Waals surface area contributed by atoms with Crippen molar-refractivity contribution in [2.45, 2.75) is 225 Å². The number of allylic oxidation sites excluding steroid dienone is 16. The Kier molecular flexibility index (Phi) is 49.9. The van der Waals surface area contributed by atoms with E-state index >= 15 is 0 Å². The lowest BCUT2D eigenvalue weighted by Gasteiger charge is -2.19. The molecular formula is C57H98NO8P. The Hall–Kier alpha value is -3.07. The fourth-order valence-corrected chi connectivity index (χ4v) is 7.80. The zero-order chi connectivity index (χ0) is 48.8. The summed E-state index contributed by atoms with van der Waals surface area (Å²) in [7, 11) is -4.40. The number of hydrogen-bond donors (Lipinski definition) is 2. The number of carbonyl (C=O) groups is 2. The summed E-state index contributed by atoms with van der Waals surface area (Å²) < 4.78 is 32.9. The molecule has 0 aromatic carbocycles. The first kappa shape index (κ1) is 63.9. The molecule has 0 rings (SSSR count). The van der Waals surface area contributed by atoms with Crippen LogP contribution in [-0.2, 0) is 32.7 Å². The molecule has 0 fully saturated rings. The Morgan fingerprint density at radius 2 is 0.836 bits per heavy atom. The van der Waals surface area contributed by atoms with Crippen LogP contribution in [0.15, 0.2) is 97.2 Å². The Morgan fingerprint density at radius 1 is 0.463 bits per heavy atom. The van der Waals surface area contributed by atoms with Gasteiger partial charge in [0, 0.05) is 19.4 Å². The van der Waals surface area contributed by atoms with Crippen LogP contribution < -0.4 is 5.73 Å². The van der Waals surface area contributed by atoms with Crippen molar-refractivity contribution in [1.29, 1.82) is 0 Å². The monoisotopic (exact) mass is 956 g/mol. The Morgan fingerprint density at radius 3 is 1.27 bits per heavy atom. The van der Waals surface area contributed by atoms with Gasteiger partial charge in [-0.3, -0.25) is 18.6 Å². The predicted octanol–water partition coefficient (Wildman–Crippen LogP) is 16.5. The smallest absolute Gasteiger partial charge is 0.462 e. The van der Waals surface area contributed by atoms with Crippen LogP contribution in [0.3, 0.4) is 0 Å². The van der Waals surface area contributed by atoms with E-state index in [1.54, 1.807) is 0 Å². The van der Waals surface area contributed by atoms with Crippen molar-refractivity contribution in [3.8, 4) is 0 Å². The van der Waals surface area contributed by atoms with Crippen LogP contribution in [0.5, 0.6) is 0 Å². The molecule has 3 N–H and O–H groups in total. The lowest BCUT2D eigenvalue weighted by atomic mass is 10.0. The standard InChI is InChI=1S/C57H98NO8P/c1-3-5-7-9-11-13-15-17-19-21-22-23-24-25-26-27-28-29-30-31-32-34-35-37-39-41-43-45-47-49-56(59)63-53-55(54-65-67(61,62)64-52-51-58)66-57(60)50-48-46-44-42-40-38-36-33-20-18-16-14-12-10-8-6-4-2/h6,8,12,14-15,17-18,20-22,24-25,36,38,42,44,55H,3-5,7,9-11,13,16,19,23,26-35,37,39-41,43,45-54,58H2,1-2H3,(H,61,62)/b8-6-,14-12-,17-15-,20-18-,22-21-,25-24-,38-36-,44-42-. The Bertz CT molecular complexity index is 1410. The second-order valence-corrected chi connectivity index (χ2v) is 18.8. The first-order valence-electron chi connectivity index (χ1n) is 26.7. The molecule has 0 radical (unpaired) electrons. The van der Waals surface area contributed by atoms with E-state index < -0.39 is 32.5 Å². The highest BCUT2D eigenvalue weighted by atomic mass is 31.2. The van der Waals surface area contributed by atoms with Gasteiger partial charge in [-0.25, -0.2) is 4.57 Å². The predicted molar refractivity (Wildman–Crippen MR) is 284 cm³/mol. The van der Waals surface area contributed by atoms with Gasteiger partial charge in [0.25, 0.3) is 0 Å². The first-order chi connectivity index (χ1) is 32.8. The molecule has 2 unspecified atom stereocenters. The molecule has 0 bridgehead atoms. The van der Waals surface area contributed by atoms with E-state index in [0.717, 1.165) is 64.2 Å². The molecule has 0 aromatic rings. The zero-order valence-corrected chi connectivity index (χ0v) is 43.5. The average Bonchev–Trinajstić information content (AvgIpc) is 3.32. The summed E-state index contributed by atoms with van der Waals surface area (Å²) in [5.74, 6) is -0.900. The second-order valence-electron chi connectivity index (χ2n) is 17.4. The topological polar surface area (TPSA) is 134 Å². The number of unbranched alkanes of at least 4 members (excludes halogenated alkanes) is 20. The number of phosphoric ester groups is 1. The first-order valence-corrected chi connectivity index (χ1v) is 28.2. The van der Waals surface area contributed by atoms with Crippen molar-refractivity contribution in [3.63, 3.8) is 0 Å². The number of esters is 2. The number of hydrogen-bond acceptors (Lipinski definition) is 8. The van der Waals surface area contributed by atoms with Crippen LogP contribution >= 0.6 is 7.82 Å². The van der Waals surface area contributed by atoms with Gasteiger partial charge in [0.05, 0.1) is 13.2 Å². The fraction of sp³-hybridized carbons (Fsp3) is 0.684. The number of rotatable bonds is 49. The molecule has 0 spiro atoms. The van der Waals surface area contributed by atoms with E-state index in [1.165, 1.54) is 116 Å². The van der Waals surface area contributed by atoms with Gasteiger partial charge in [-0.05, 0) is 89.9 Å². The molecule has 0 saturated heterocycles. The second kappa shape index (κ2) is 52.3. The minimum Gasteiger partial charge on any atom is -0.462 e. The lowest BCUT2D eigenvalue weighted by molar-refractivity contribution is -0.161. The van der Waals surface area contributed by atoms with E-state index in [4.69, 9.17) is 24.3 Å². The number of phosphoric acid groups is 1. The molecule has 67 heavy (non-hydrogen) atoms. The van der Waals surface area contributed by atoms with Crippen molar-refractivity contribution < 1.29 is 37.6 Å². The SMILES string of the molecule is CC/C=C\C/C=C\C/C=C\C/C=C\C/C=C\CCCC(=O)OC(COC(=O)CCCCCCCCCCCCCCCC/C=C\C/C=C\C/C=C\CCCCCCC)COP(=O)(O)OCCN. The molecule has 9 nitrogen and oxygen atoms in total. The lowest BCUT2D eigenvalue weighted by Crippen LogP contribution is -2.29. The molecule has 2 atom stereocenters. The fourth-order valence-electron chi connectivity index (χ4n) is 7.03. The summed E-state index contributed by atoms with van der Waals surface area (Å²) in [6.45, 7) is 3.54. The molecule has 0 aliphatic carbocycles. The summed E-state index contributed by atoms with van der Waals surface area (Å²) in [5.41, 5.74) is 5.36. The van der Waals surface area contributed by atoms with Crippen molar-refractivity contribution >= 4 is 19.8 Å². The number of nitrogens with two attached hydrogens (primary N) is 1. The van der Waals surface area contributed by atoms with Crippen molar-refractivity contribution in [2.75, 3.05) is 26.4 Å². The van der Waals surface area contributed by atoms with E-state index in [0.29, 0.717) is 12.8 Å². The highest BCUT2D eigenvalue weighted by molar-refractivity contribution is 7.47. The van der Waals surface area contributed by atoms with Crippen LogP contribution in [0.1, 0.15) is 219 Å². The third kappa shape index (κ3) is 52.2. The van der Waals surface area contributed by atoms with Gasteiger partial charge >= 0.3 is 19.8 Å². The average molecular weight is 956 g/mol. The maximum Gasteiger partial charge on any atom is 0.472 e. The summed E-state index contributed by atoms with van der Waals surface area (Å²) in [6.07, 6.45) is 69.0. The normalized spacial score (nSPS) is 13.9. The minimum absolute atomic E-state index is 0.0399. The molecule has 0 amide bonds. The van der Waals surface area contributed by atoms with Crippen LogP contribution in [-0.4, -0.2) is 49.3 Å². The van der Waals surface area contributed by atoms with Crippen LogP contribution in [0.2, 0.25) is 0 Å². The highest BCUT2D eigenvalue weighted by Gasteiger charge is 2.26. The van der Waals surface area contributed by atoms with Gasteiger partial charge in [0.1, 0.15) is 6.61 Å². The summed E-state index contributed by atoms with van der Waals surface area (Å²) in [4.78, 5) is 35.0. The van der Waals surface area contributed by atoms with E-state index in [9.17, 15) is 19.0 Å². The van der Waals surface area contributed by atoms with Crippen LogP contribution in [0.4, 0.5) is 0 Å². The van der Waals surface area contributed by atoms with Crippen LogP contribution in [0.25, 0.3) is 0 Å². The van der Waals surface area contributed by atoms with E-state index in [2.05, 4.69) is 105 Å². The molecule has 0 heterocycles. The molecule has 0 aliphatic heterocycles. The molecule has 384 valence electrons. The number of carbonyl (C=O) groups excluding carboxylic acids is 2. The Labute approximate surface area is 410 Å². The van der Waals surface area contributed by atoms with Crippen LogP contribution in [0, 0.1) is 0 Å². The highest BCUT2D eigenvalue weighted by Crippen LogP contribution is 2.43. The van der Waals surface area contributed by atoms with Gasteiger partial charge in [0.2, 0.25) is 0 Å². The molecule has 10 heteroatoms. The Balaban J connectivity index is 4.04. The van der Waals surface area contributed by atoms with Gasteiger partial charge in [-0.15, -0.1) is 0 Å². The summed E-state index contributed by atoms with van der Waals surface area (Å²) in [6, 6.07) is 0. The van der Waals surface area contributed by atoms with Gasteiger partial charge in [-0.2, -0.15) is 0 Å². The van der Waals surface area contributed by atoms with Crippen molar-refractivity contribution in [1.82, 2.24) is 0 Å². The minimum atomic E-state index is -4.40. The van der Waals surface area contributed by atoms with Crippen molar-refractivity contribution in [2.24, 2.45) is 5.73 Å². The van der Waals surface area contributed by atoms with Gasteiger partial charge in [-0.1, -0.05) is 214 Å². The molecular weight excluding hydrogens is 858 g/mol. The van der Waals surface area contributed by atoms with Gasteiger partial charge in [0.15, 0.2) is 6.10 Å². The summed E-state index contributed by atoms with van der Waals surface area (Å²) >= 11 is 0. The number of ether oxygens (including phenoxy) is 2. The molecule has 0 saturated carbocycles. The third-order valence-electron chi connectivity index (χ3n) is 11.0. The zero-order valence-electron chi connectivity index (χ0n) is 42.6. The van der Waals surface area contributed by atoms with Crippen molar-refractivity contribution in [3.05, 3.63) is 97.2 Å². The maximum absolute atomic E-state index is 12.6. The van der Waals surface area contributed by atoms with Gasteiger partial charge < -0.3 is 20.1 Å². The maximum atomic E-state index is 12.6. The quantitative estimate of drug-likeness (QED) is 0.0264. The largest absolute Gasteiger partial charge is 0.472 e.